The molecule has 0 radical (unpaired) electrons. The summed E-state index contributed by atoms with van der Waals surface area (Å²) >= 11 is 1.52. The summed E-state index contributed by atoms with van der Waals surface area (Å²) in [7, 11) is 0. The van der Waals surface area contributed by atoms with Crippen molar-refractivity contribution in [2.24, 2.45) is 5.92 Å². The Kier molecular flexibility index (Phi) is 7.10. The van der Waals surface area contributed by atoms with Crippen molar-refractivity contribution in [2.45, 2.75) is 83.6 Å². The number of nitrogens with one attached hydrogen (secondary N) is 2. The van der Waals surface area contributed by atoms with Gasteiger partial charge in [-0.25, -0.2) is 0 Å². The first-order chi connectivity index (χ1) is 13.4. The second-order valence-electron chi connectivity index (χ2n) is 8.16. The van der Waals surface area contributed by atoms with Gasteiger partial charge < -0.3 is 15.7 Å². The SMILES string of the molecule is C[C@@H]1CCc2c(sc(NC(=O)CCCC(=O)O)c2C(=O)NC2CCCCC2)C1. The van der Waals surface area contributed by atoms with Crippen molar-refractivity contribution in [3.8, 4) is 0 Å². The molecule has 0 bridgehead atoms. The summed E-state index contributed by atoms with van der Waals surface area (Å²) in [6.07, 6.45) is 8.86. The fourth-order valence-electron chi connectivity index (χ4n) is 4.17. The van der Waals surface area contributed by atoms with Crippen LogP contribution in [0.2, 0.25) is 0 Å². The number of carbonyl (C=O) groups excluding carboxylic acids is 2. The lowest BCUT2D eigenvalue weighted by molar-refractivity contribution is -0.137. The Hall–Kier alpha value is -1.89. The quantitative estimate of drug-likeness (QED) is 0.634. The second kappa shape index (κ2) is 9.54. The summed E-state index contributed by atoms with van der Waals surface area (Å²) in [6, 6.07) is 0.221. The molecule has 2 aliphatic rings. The molecule has 154 valence electrons. The number of hydrogen-bond donors (Lipinski definition) is 3. The molecule has 6 nitrogen and oxygen atoms in total. The third-order valence-electron chi connectivity index (χ3n) is 5.73. The highest BCUT2D eigenvalue weighted by molar-refractivity contribution is 7.17. The molecule has 0 aliphatic heterocycles. The van der Waals surface area contributed by atoms with Crippen molar-refractivity contribution in [1.82, 2.24) is 5.32 Å². The van der Waals surface area contributed by atoms with Crippen LogP contribution in [0.3, 0.4) is 0 Å². The third-order valence-corrected chi connectivity index (χ3v) is 6.90. The van der Waals surface area contributed by atoms with Crippen LogP contribution in [0, 0.1) is 5.92 Å². The average Bonchev–Trinajstić information content (AvgIpc) is 2.98. The van der Waals surface area contributed by atoms with Gasteiger partial charge in [-0.2, -0.15) is 0 Å². The molecule has 0 saturated heterocycles. The van der Waals surface area contributed by atoms with E-state index in [-0.39, 0.29) is 30.7 Å². The van der Waals surface area contributed by atoms with Crippen LogP contribution in [0.25, 0.3) is 0 Å². The first-order valence-corrected chi connectivity index (χ1v) is 11.2. The Labute approximate surface area is 170 Å². The second-order valence-corrected chi connectivity index (χ2v) is 9.26. The standard InChI is InChI=1S/C21H30N2O4S/c1-13-10-11-15-16(12-13)28-21(23-17(24)8-5-9-18(25)26)19(15)20(27)22-14-6-3-2-4-7-14/h13-14H,2-12H2,1H3,(H,22,27)(H,23,24)(H,25,26)/t13-/m1/s1. The molecular formula is C21H30N2O4S. The predicted octanol–water partition coefficient (Wildman–Crippen LogP) is 4.13. The van der Waals surface area contributed by atoms with Crippen LogP contribution in [0.1, 0.15) is 85.5 Å². The summed E-state index contributed by atoms with van der Waals surface area (Å²) in [4.78, 5) is 37.3. The Morgan fingerprint density at radius 1 is 1.11 bits per heavy atom. The van der Waals surface area contributed by atoms with Crippen LogP contribution in [0.15, 0.2) is 0 Å². The molecule has 3 rings (SSSR count). The number of rotatable bonds is 7. The van der Waals surface area contributed by atoms with Gasteiger partial charge in [0.1, 0.15) is 5.00 Å². The molecule has 1 saturated carbocycles. The van der Waals surface area contributed by atoms with Gasteiger partial charge >= 0.3 is 5.97 Å². The molecule has 2 amide bonds. The van der Waals surface area contributed by atoms with Crippen LogP contribution >= 0.6 is 11.3 Å². The van der Waals surface area contributed by atoms with Gasteiger partial charge in [0, 0.05) is 23.8 Å². The number of carbonyl (C=O) groups is 3. The molecule has 1 atom stereocenters. The summed E-state index contributed by atoms with van der Waals surface area (Å²) in [5.41, 5.74) is 1.74. The van der Waals surface area contributed by atoms with Crippen LogP contribution in [-0.2, 0) is 22.4 Å². The lowest BCUT2D eigenvalue weighted by atomic mass is 9.88. The Balaban J connectivity index is 1.75. The van der Waals surface area contributed by atoms with Crippen LogP contribution < -0.4 is 10.6 Å². The van der Waals surface area contributed by atoms with Crippen LogP contribution in [-0.4, -0.2) is 28.9 Å². The molecule has 3 N–H and O–H groups in total. The number of hydrogen-bond acceptors (Lipinski definition) is 4. The van der Waals surface area contributed by atoms with Gasteiger partial charge in [0.15, 0.2) is 0 Å². The van der Waals surface area contributed by atoms with E-state index in [1.54, 1.807) is 0 Å². The summed E-state index contributed by atoms with van der Waals surface area (Å²) in [5, 5.41) is 15.5. The number of anilines is 1. The summed E-state index contributed by atoms with van der Waals surface area (Å²) in [6.45, 7) is 2.22. The minimum atomic E-state index is -0.902. The van der Waals surface area contributed by atoms with E-state index in [0.717, 1.165) is 50.5 Å². The van der Waals surface area contributed by atoms with Crippen molar-refractivity contribution < 1.29 is 19.5 Å². The number of carboxylic acid groups (broad SMARTS) is 1. The van der Waals surface area contributed by atoms with E-state index in [0.29, 0.717) is 22.9 Å². The number of thiophene rings is 1. The average molecular weight is 407 g/mol. The molecule has 7 heteroatoms. The number of carboxylic acids is 1. The molecule has 1 fully saturated rings. The maximum atomic E-state index is 13.1. The maximum absolute atomic E-state index is 13.1. The van der Waals surface area contributed by atoms with Gasteiger partial charge in [-0.05, 0) is 50.0 Å². The molecule has 1 aromatic rings. The zero-order chi connectivity index (χ0) is 20.1. The lowest BCUT2D eigenvalue weighted by Gasteiger charge is -2.24. The van der Waals surface area contributed by atoms with Crippen LogP contribution in [0.5, 0.6) is 0 Å². The van der Waals surface area contributed by atoms with Gasteiger partial charge in [0.05, 0.1) is 5.56 Å². The molecule has 0 aromatic carbocycles. The molecule has 2 aliphatic carbocycles. The molecule has 1 aromatic heterocycles. The number of amides is 2. The van der Waals surface area contributed by atoms with Gasteiger partial charge in [-0.3, -0.25) is 14.4 Å². The zero-order valence-corrected chi connectivity index (χ0v) is 17.3. The lowest BCUT2D eigenvalue weighted by Crippen LogP contribution is -2.37. The van der Waals surface area contributed by atoms with E-state index in [4.69, 9.17) is 5.11 Å². The van der Waals surface area contributed by atoms with E-state index in [9.17, 15) is 14.4 Å². The van der Waals surface area contributed by atoms with E-state index in [1.807, 2.05) is 0 Å². The van der Waals surface area contributed by atoms with Gasteiger partial charge in [0.2, 0.25) is 5.91 Å². The highest BCUT2D eigenvalue weighted by Gasteiger charge is 2.29. The zero-order valence-electron chi connectivity index (χ0n) is 16.5. The van der Waals surface area contributed by atoms with Crippen molar-refractivity contribution in [2.75, 3.05) is 5.32 Å². The normalized spacial score (nSPS) is 19.7. The van der Waals surface area contributed by atoms with Crippen molar-refractivity contribution >= 4 is 34.1 Å². The first-order valence-electron chi connectivity index (χ1n) is 10.4. The topological polar surface area (TPSA) is 95.5 Å². The monoisotopic (exact) mass is 406 g/mol. The number of fused-ring (bicyclic) bond motifs is 1. The van der Waals surface area contributed by atoms with E-state index in [1.165, 1.54) is 22.6 Å². The Morgan fingerprint density at radius 2 is 1.86 bits per heavy atom. The van der Waals surface area contributed by atoms with E-state index < -0.39 is 5.97 Å². The van der Waals surface area contributed by atoms with Gasteiger partial charge in [-0.1, -0.05) is 26.2 Å². The predicted molar refractivity (Wildman–Crippen MR) is 110 cm³/mol. The Bertz CT molecular complexity index is 737. The van der Waals surface area contributed by atoms with Gasteiger partial charge in [0.25, 0.3) is 5.91 Å². The highest BCUT2D eigenvalue weighted by Crippen LogP contribution is 2.40. The first kappa shape index (κ1) is 20.8. The minimum Gasteiger partial charge on any atom is -0.481 e. The van der Waals surface area contributed by atoms with Crippen molar-refractivity contribution in [3.63, 3.8) is 0 Å². The third kappa shape index (κ3) is 5.34. The Morgan fingerprint density at radius 3 is 2.57 bits per heavy atom. The molecule has 0 unspecified atom stereocenters. The van der Waals surface area contributed by atoms with Crippen molar-refractivity contribution in [1.29, 1.82) is 0 Å². The minimum absolute atomic E-state index is 0.0269. The summed E-state index contributed by atoms with van der Waals surface area (Å²) < 4.78 is 0. The molecule has 28 heavy (non-hydrogen) atoms. The largest absolute Gasteiger partial charge is 0.481 e. The smallest absolute Gasteiger partial charge is 0.303 e. The van der Waals surface area contributed by atoms with Crippen molar-refractivity contribution in [3.05, 3.63) is 16.0 Å². The highest BCUT2D eigenvalue weighted by atomic mass is 32.1. The van der Waals surface area contributed by atoms with Crippen LogP contribution in [0.4, 0.5) is 5.00 Å². The fourth-order valence-corrected chi connectivity index (χ4v) is 5.60. The van der Waals surface area contributed by atoms with E-state index >= 15 is 0 Å². The maximum Gasteiger partial charge on any atom is 0.303 e. The number of aliphatic carboxylic acids is 1. The molecule has 0 spiro atoms. The molecular weight excluding hydrogens is 376 g/mol. The van der Waals surface area contributed by atoms with E-state index in [2.05, 4.69) is 17.6 Å². The van der Waals surface area contributed by atoms with Gasteiger partial charge in [-0.15, -0.1) is 11.3 Å². The molecule has 1 heterocycles. The summed E-state index contributed by atoms with van der Waals surface area (Å²) in [5.74, 6) is -0.611. The fraction of sp³-hybridized carbons (Fsp3) is 0.667.